The third-order valence-electron chi connectivity index (χ3n) is 4.18. The Labute approximate surface area is 121 Å². The Hall–Kier alpha value is -1.61. The molecule has 1 aromatic carbocycles. The van der Waals surface area contributed by atoms with Crippen LogP contribution in [-0.4, -0.2) is 36.6 Å². The predicted molar refractivity (Wildman–Crippen MR) is 85.2 cm³/mol. The fourth-order valence-electron chi connectivity index (χ4n) is 2.92. The smallest absolute Gasteiger partial charge is 0.0725 e. The molecule has 0 radical (unpaired) electrons. The highest BCUT2D eigenvalue weighted by molar-refractivity contribution is 5.91. The highest BCUT2D eigenvalue weighted by Crippen LogP contribution is 2.35. The molecule has 1 aliphatic rings. The zero-order chi connectivity index (χ0) is 14.1. The number of likely N-dealkylation sites (N-methyl/N-ethyl adjacent to an activating group) is 1. The molecule has 1 aliphatic carbocycles. The largest absolute Gasteiger partial charge is 0.383 e. The van der Waals surface area contributed by atoms with Gasteiger partial charge in [-0.2, -0.15) is 0 Å². The summed E-state index contributed by atoms with van der Waals surface area (Å²) in [7, 11) is 4.36. The maximum atomic E-state index is 4.60. The molecule has 2 aromatic rings. The normalized spacial score (nSPS) is 16.6. The molecule has 1 saturated carbocycles. The van der Waals surface area contributed by atoms with Crippen LogP contribution in [0.1, 0.15) is 18.5 Å². The zero-order valence-corrected chi connectivity index (χ0v) is 12.6. The predicted octanol–water partition coefficient (Wildman–Crippen LogP) is 3.30. The van der Waals surface area contributed by atoms with E-state index in [1.54, 1.807) is 0 Å². The minimum atomic E-state index is 0.627. The number of pyridine rings is 1. The van der Waals surface area contributed by atoms with Crippen LogP contribution in [-0.2, 0) is 0 Å². The molecule has 0 amide bonds. The van der Waals surface area contributed by atoms with Crippen LogP contribution in [0.4, 0.5) is 5.69 Å². The molecule has 3 rings (SSSR count). The molecule has 3 nitrogen and oxygen atoms in total. The van der Waals surface area contributed by atoms with Gasteiger partial charge in [0.05, 0.1) is 5.52 Å². The van der Waals surface area contributed by atoms with Crippen molar-refractivity contribution in [3.05, 3.63) is 36.0 Å². The number of benzene rings is 1. The van der Waals surface area contributed by atoms with Gasteiger partial charge < -0.3 is 10.2 Å². The number of aromatic nitrogens is 1. The molecule has 1 heterocycles. The van der Waals surface area contributed by atoms with Crippen LogP contribution < -0.4 is 5.32 Å². The van der Waals surface area contributed by atoms with Crippen molar-refractivity contribution >= 4 is 16.6 Å². The van der Waals surface area contributed by atoms with Gasteiger partial charge in [0.2, 0.25) is 0 Å². The van der Waals surface area contributed by atoms with Crippen molar-refractivity contribution in [1.82, 2.24) is 9.88 Å². The third kappa shape index (κ3) is 2.78. The fraction of sp³-hybridized carbons (Fsp3) is 0.471. The van der Waals surface area contributed by atoms with Crippen LogP contribution in [0.5, 0.6) is 0 Å². The highest BCUT2D eigenvalue weighted by Gasteiger charge is 2.32. The van der Waals surface area contributed by atoms with E-state index in [0.29, 0.717) is 6.04 Å². The molecule has 3 heteroatoms. The lowest BCUT2D eigenvalue weighted by Crippen LogP contribution is -2.36. The maximum Gasteiger partial charge on any atom is 0.0725 e. The molecule has 1 aromatic heterocycles. The Morgan fingerprint density at radius 1 is 1.30 bits per heavy atom. The minimum Gasteiger partial charge on any atom is -0.383 e. The first kappa shape index (κ1) is 13.4. The summed E-state index contributed by atoms with van der Waals surface area (Å²) < 4.78 is 0. The van der Waals surface area contributed by atoms with Crippen molar-refractivity contribution in [3.8, 4) is 0 Å². The molecule has 0 saturated heterocycles. The quantitative estimate of drug-likeness (QED) is 0.902. The molecular formula is C17H23N3. The first-order valence-corrected chi connectivity index (χ1v) is 7.42. The van der Waals surface area contributed by atoms with Crippen LogP contribution in [0.2, 0.25) is 0 Å². The van der Waals surface area contributed by atoms with Gasteiger partial charge in [-0.1, -0.05) is 18.2 Å². The monoisotopic (exact) mass is 269 g/mol. The molecule has 0 aliphatic heterocycles. The van der Waals surface area contributed by atoms with E-state index in [2.05, 4.69) is 60.5 Å². The van der Waals surface area contributed by atoms with Crippen molar-refractivity contribution < 1.29 is 0 Å². The number of nitrogens with zero attached hydrogens (tertiary/aromatic N) is 2. The van der Waals surface area contributed by atoms with E-state index in [1.165, 1.54) is 23.9 Å². The molecule has 1 unspecified atom stereocenters. The third-order valence-corrected chi connectivity index (χ3v) is 4.18. The van der Waals surface area contributed by atoms with E-state index < -0.39 is 0 Å². The Bertz CT molecular complexity index is 600. The summed E-state index contributed by atoms with van der Waals surface area (Å²) >= 11 is 0. The molecular weight excluding hydrogens is 246 g/mol. The van der Waals surface area contributed by atoms with Gasteiger partial charge in [0, 0.05) is 29.4 Å². The Morgan fingerprint density at radius 2 is 2.05 bits per heavy atom. The maximum absolute atomic E-state index is 4.60. The average molecular weight is 269 g/mol. The lowest BCUT2D eigenvalue weighted by molar-refractivity contribution is 0.276. The van der Waals surface area contributed by atoms with Crippen LogP contribution in [0, 0.1) is 12.8 Å². The van der Waals surface area contributed by atoms with E-state index in [0.717, 1.165) is 23.7 Å². The van der Waals surface area contributed by atoms with Gasteiger partial charge in [-0.25, -0.2) is 0 Å². The summed E-state index contributed by atoms with van der Waals surface area (Å²) in [6.07, 6.45) is 2.75. The van der Waals surface area contributed by atoms with Crippen LogP contribution in [0.25, 0.3) is 10.9 Å². The first-order valence-electron chi connectivity index (χ1n) is 7.42. The van der Waals surface area contributed by atoms with E-state index in [1.807, 2.05) is 6.07 Å². The zero-order valence-electron chi connectivity index (χ0n) is 12.6. The number of para-hydroxylation sites is 1. The van der Waals surface area contributed by atoms with Crippen LogP contribution >= 0.6 is 0 Å². The summed E-state index contributed by atoms with van der Waals surface area (Å²) in [5.41, 5.74) is 3.35. The second kappa shape index (κ2) is 5.41. The van der Waals surface area contributed by atoms with Gasteiger partial charge >= 0.3 is 0 Å². The van der Waals surface area contributed by atoms with Crippen molar-refractivity contribution in [2.45, 2.75) is 25.8 Å². The van der Waals surface area contributed by atoms with Gasteiger partial charge in [0.15, 0.2) is 0 Å². The Balaban J connectivity index is 1.83. The Kier molecular flexibility index (Phi) is 3.62. The first-order chi connectivity index (χ1) is 9.65. The number of fused-ring (bicyclic) bond motifs is 1. The van der Waals surface area contributed by atoms with Crippen molar-refractivity contribution in [3.63, 3.8) is 0 Å². The standard InChI is InChI=1S/C17H23N3/c1-12-10-16(14-6-4-5-7-15(14)19-12)18-11-17(20(2)3)13-8-9-13/h4-7,10,13,17H,8-9,11H2,1-3H3,(H,18,19). The SMILES string of the molecule is Cc1cc(NCC(C2CC2)N(C)C)c2ccccc2n1. The summed E-state index contributed by atoms with van der Waals surface area (Å²) in [6, 6.07) is 11.1. The second-order valence-corrected chi connectivity index (χ2v) is 6.08. The van der Waals surface area contributed by atoms with Crippen LogP contribution in [0.3, 0.4) is 0 Å². The summed E-state index contributed by atoms with van der Waals surface area (Å²) in [5, 5.41) is 4.86. The van der Waals surface area contributed by atoms with Crippen molar-refractivity contribution in [2.24, 2.45) is 5.92 Å². The summed E-state index contributed by atoms with van der Waals surface area (Å²) in [6.45, 7) is 3.06. The number of anilines is 1. The molecule has 106 valence electrons. The lowest BCUT2D eigenvalue weighted by Gasteiger charge is -2.25. The average Bonchev–Trinajstić information content (AvgIpc) is 3.22. The van der Waals surface area contributed by atoms with Crippen LogP contribution in [0.15, 0.2) is 30.3 Å². The van der Waals surface area contributed by atoms with Crippen molar-refractivity contribution in [2.75, 3.05) is 26.0 Å². The van der Waals surface area contributed by atoms with Gasteiger partial charge in [-0.3, -0.25) is 4.98 Å². The Morgan fingerprint density at radius 3 is 2.75 bits per heavy atom. The number of aryl methyl sites for hydroxylation is 1. The van der Waals surface area contributed by atoms with Gasteiger partial charge in [-0.15, -0.1) is 0 Å². The van der Waals surface area contributed by atoms with Gasteiger partial charge in [0.25, 0.3) is 0 Å². The molecule has 1 fully saturated rings. The second-order valence-electron chi connectivity index (χ2n) is 6.08. The molecule has 0 spiro atoms. The minimum absolute atomic E-state index is 0.627. The number of rotatable bonds is 5. The van der Waals surface area contributed by atoms with Gasteiger partial charge in [-0.05, 0) is 51.9 Å². The van der Waals surface area contributed by atoms with E-state index in [-0.39, 0.29) is 0 Å². The lowest BCUT2D eigenvalue weighted by atomic mass is 10.1. The summed E-state index contributed by atoms with van der Waals surface area (Å²) in [5.74, 6) is 0.867. The van der Waals surface area contributed by atoms with Gasteiger partial charge in [0.1, 0.15) is 0 Å². The topological polar surface area (TPSA) is 28.2 Å². The van der Waals surface area contributed by atoms with E-state index in [9.17, 15) is 0 Å². The molecule has 0 bridgehead atoms. The molecule has 1 atom stereocenters. The van der Waals surface area contributed by atoms with E-state index in [4.69, 9.17) is 0 Å². The fourth-order valence-corrected chi connectivity index (χ4v) is 2.92. The molecule has 1 N–H and O–H groups in total. The molecule has 20 heavy (non-hydrogen) atoms. The summed E-state index contributed by atoms with van der Waals surface area (Å²) in [4.78, 5) is 6.94. The highest BCUT2D eigenvalue weighted by atomic mass is 15.1. The number of hydrogen-bond acceptors (Lipinski definition) is 3. The van der Waals surface area contributed by atoms with E-state index >= 15 is 0 Å². The van der Waals surface area contributed by atoms with Crippen molar-refractivity contribution in [1.29, 1.82) is 0 Å². The number of hydrogen-bond donors (Lipinski definition) is 1. The number of nitrogens with one attached hydrogen (secondary N) is 1.